The summed E-state index contributed by atoms with van der Waals surface area (Å²) in [4.78, 5) is 38.0. The van der Waals surface area contributed by atoms with Crippen molar-refractivity contribution in [3.05, 3.63) is 101 Å². The zero-order valence-electron chi connectivity index (χ0n) is 27.6. The molecule has 0 saturated heterocycles. The molecule has 0 aliphatic carbocycles. The topological polar surface area (TPSA) is 131 Å². The standard InChI is InChI=1S/C36H41N5O5S/c1-23-11-7-8-14-27(23)20-37-31(42)21-41-28(19-36(4,5)6)22-46-32-18-30(33-24(2)12-9-13-25(33)3)38-35(39-32)40-47(44,45)29-16-10-15-26(17-29)34(41)43/h7-18,28H,19-22H2,1-6H3,(H,37,42)(H,38,39,40)/t28-/m1/s1. The van der Waals surface area contributed by atoms with Crippen LogP contribution >= 0.6 is 0 Å². The Morgan fingerprint density at radius 3 is 2.34 bits per heavy atom. The Bertz CT molecular complexity index is 1900. The van der Waals surface area contributed by atoms with E-state index in [1.54, 1.807) is 12.1 Å². The molecule has 2 N–H and O–H groups in total. The van der Waals surface area contributed by atoms with Gasteiger partial charge >= 0.3 is 0 Å². The van der Waals surface area contributed by atoms with Crippen LogP contribution in [0.2, 0.25) is 0 Å². The average molecular weight is 656 g/mol. The van der Waals surface area contributed by atoms with Crippen LogP contribution in [0.25, 0.3) is 11.3 Å². The number of carbonyl (C=O) groups excluding carboxylic acids is 2. The van der Waals surface area contributed by atoms with Crippen LogP contribution in [0, 0.1) is 26.2 Å². The van der Waals surface area contributed by atoms with Crippen molar-refractivity contribution in [2.45, 2.75) is 65.4 Å². The molecule has 11 heteroatoms. The summed E-state index contributed by atoms with van der Waals surface area (Å²) < 4.78 is 36.0. The first kappa shape index (κ1) is 33.6. The third-order valence-corrected chi connectivity index (χ3v) is 9.41. The molecule has 2 heterocycles. The monoisotopic (exact) mass is 655 g/mol. The fraction of sp³-hybridized carbons (Fsp3) is 0.333. The third kappa shape index (κ3) is 8.15. The lowest BCUT2D eigenvalue weighted by atomic mass is 9.87. The maximum Gasteiger partial charge on any atom is 0.264 e. The van der Waals surface area contributed by atoms with Crippen molar-refractivity contribution in [3.63, 3.8) is 0 Å². The predicted molar refractivity (Wildman–Crippen MR) is 182 cm³/mol. The summed E-state index contributed by atoms with van der Waals surface area (Å²) >= 11 is 0. The molecule has 246 valence electrons. The molecule has 1 aromatic heterocycles. The number of sulfonamides is 1. The first-order chi connectivity index (χ1) is 22.2. The van der Waals surface area contributed by atoms with Crippen LogP contribution in [0.15, 0.2) is 77.7 Å². The van der Waals surface area contributed by atoms with Crippen molar-refractivity contribution in [1.29, 1.82) is 0 Å². The van der Waals surface area contributed by atoms with Gasteiger partial charge in [0.15, 0.2) is 0 Å². The third-order valence-electron chi connectivity index (χ3n) is 8.08. The van der Waals surface area contributed by atoms with Crippen molar-refractivity contribution >= 4 is 27.8 Å². The van der Waals surface area contributed by atoms with Crippen LogP contribution in [0.3, 0.4) is 0 Å². The molecule has 0 saturated carbocycles. The second-order valence-corrected chi connectivity index (χ2v) is 14.9. The van der Waals surface area contributed by atoms with Gasteiger partial charge in [-0.05, 0) is 73.1 Å². The number of carbonyl (C=O) groups is 2. The van der Waals surface area contributed by atoms with Gasteiger partial charge in [0.1, 0.15) is 13.2 Å². The maximum atomic E-state index is 14.2. The highest BCUT2D eigenvalue weighted by Gasteiger charge is 2.32. The Morgan fingerprint density at radius 2 is 1.64 bits per heavy atom. The fourth-order valence-corrected chi connectivity index (χ4v) is 6.75. The van der Waals surface area contributed by atoms with Gasteiger partial charge < -0.3 is 15.0 Å². The van der Waals surface area contributed by atoms with Gasteiger partial charge in [0.25, 0.3) is 15.9 Å². The van der Waals surface area contributed by atoms with Gasteiger partial charge in [0, 0.05) is 23.7 Å². The van der Waals surface area contributed by atoms with Gasteiger partial charge in [-0.1, -0.05) is 69.3 Å². The Labute approximate surface area is 276 Å². The molecule has 5 rings (SSSR count). The first-order valence-electron chi connectivity index (χ1n) is 15.5. The number of nitrogens with one attached hydrogen (secondary N) is 2. The van der Waals surface area contributed by atoms with Crippen molar-refractivity contribution in [2.24, 2.45) is 5.41 Å². The molecule has 4 bridgehead atoms. The number of anilines is 1. The Hall–Kier alpha value is -4.77. The van der Waals surface area contributed by atoms with E-state index in [1.165, 1.54) is 23.1 Å². The minimum atomic E-state index is -4.21. The molecule has 0 fully saturated rings. The van der Waals surface area contributed by atoms with E-state index >= 15 is 0 Å². The molecule has 0 radical (unpaired) electrons. The normalized spacial score (nSPS) is 16.2. The smallest absolute Gasteiger partial charge is 0.264 e. The van der Waals surface area contributed by atoms with E-state index in [4.69, 9.17) is 4.74 Å². The van der Waals surface area contributed by atoms with Gasteiger partial charge in [-0.25, -0.2) is 18.1 Å². The molecule has 1 aliphatic rings. The van der Waals surface area contributed by atoms with E-state index < -0.39 is 22.0 Å². The lowest BCUT2D eigenvalue weighted by molar-refractivity contribution is -0.122. The lowest BCUT2D eigenvalue weighted by Crippen LogP contribution is -2.50. The molecule has 0 spiro atoms. The number of nitrogens with zero attached hydrogens (tertiary/aromatic N) is 3. The van der Waals surface area contributed by atoms with E-state index in [0.29, 0.717) is 18.7 Å². The molecule has 47 heavy (non-hydrogen) atoms. The number of fused-ring (bicyclic) bond motifs is 4. The summed E-state index contributed by atoms with van der Waals surface area (Å²) in [5.41, 5.74) is 5.11. The second kappa shape index (κ2) is 13.5. The minimum absolute atomic E-state index is 0.00315. The summed E-state index contributed by atoms with van der Waals surface area (Å²) in [6.07, 6.45) is 0.488. The van der Waals surface area contributed by atoms with Gasteiger partial charge in [-0.15, -0.1) is 0 Å². The Morgan fingerprint density at radius 1 is 0.957 bits per heavy atom. The van der Waals surface area contributed by atoms with Crippen molar-refractivity contribution in [3.8, 4) is 17.1 Å². The van der Waals surface area contributed by atoms with Crippen LogP contribution in [0.5, 0.6) is 5.88 Å². The zero-order chi connectivity index (χ0) is 33.9. The van der Waals surface area contributed by atoms with Crippen molar-refractivity contribution < 1.29 is 22.7 Å². The zero-order valence-corrected chi connectivity index (χ0v) is 28.4. The van der Waals surface area contributed by atoms with Gasteiger partial charge in [-0.3, -0.25) is 9.59 Å². The number of benzene rings is 3. The van der Waals surface area contributed by atoms with Crippen LogP contribution in [-0.2, 0) is 21.4 Å². The molecule has 4 aromatic rings. The number of hydrogen-bond donors (Lipinski definition) is 2. The highest BCUT2D eigenvalue weighted by molar-refractivity contribution is 7.92. The molecule has 2 amide bonds. The Kier molecular flexibility index (Phi) is 9.67. The molecule has 0 unspecified atom stereocenters. The summed E-state index contributed by atoms with van der Waals surface area (Å²) in [7, 11) is -4.21. The maximum absolute atomic E-state index is 14.2. The van der Waals surface area contributed by atoms with Gasteiger partial charge in [0.2, 0.25) is 17.7 Å². The molecular formula is C36H41N5O5S. The highest BCUT2D eigenvalue weighted by atomic mass is 32.2. The minimum Gasteiger partial charge on any atom is -0.475 e. The summed E-state index contributed by atoms with van der Waals surface area (Å²) in [6.45, 7) is 12.1. The SMILES string of the molecule is Cc1ccccc1CNC(=O)CN1C(=O)c2cccc(c2)S(=O)(=O)Nc2nc(cc(-c3c(C)cccc3C)n2)OC[C@H]1CC(C)(C)C. The number of aryl methyl sites for hydroxylation is 3. The van der Waals surface area contributed by atoms with Crippen LogP contribution in [0.4, 0.5) is 5.95 Å². The number of rotatable bonds is 6. The number of ether oxygens (including phenoxy) is 1. The van der Waals surface area contributed by atoms with Crippen LogP contribution in [-0.4, -0.2) is 54.3 Å². The molecular weight excluding hydrogens is 614 g/mol. The van der Waals surface area contributed by atoms with E-state index in [0.717, 1.165) is 27.8 Å². The predicted octanol–water partition coefficient (Wildman–Crippen LogP) is 5.83. The number of hydrogen-bond acceptors (Lipinski definition) is 7. The van der Waals surface area contributed by atoms with Crippen LogP contribution in [0.1, 0.15) is 59.8 Å². The van der Waals surface area contributed by atoms with Crippen molar-refractivity contribution in [1.82, 2.24) is 20.2 Å². The molecule has 10 nitrogen and oxygen atoms in total. The largest absolute Gasteiger partial charge is 0.475 e. The van der Waals surface area contributed by atoms with Crippen molar-refractivity contribution in [2.75, 3.05) is 17.9 Å². The lowest BCUT2D eigenvalue weighted by Gasteiger charge is -2.35. The molecule has 1 aliphatic heterocycles. The summed E-state index contributed by atoms with van der Waals surface area (Å²) in [5, 5.41) is 2.95. The quantitative estimate of drug-likeness (QED) is 0.268. The number of amides is 2. The summed E-state index contributed by atoms with van der Waals surface area (Å²) in [6, 6.07) is 20.5. The second-order valence-electron chi connectivity index (χ2n) is 13.2. The summed E-state index contributed by atoms with van der Waals surface area (Å²) in [5.74, 6) is -0.858. The van der Waals surface area contributed by atoms with Gasteiger partial charge in [0.05, 0.1) is 16.6 Å². The first-order valence-corrected chi connectivity index (χ1v) is 17.0. The van der Waals surface area contributed by atoms with E-state index in [1.807, 2.05) is 84.0 Å². The van der Waals surface area contributed by atoms with Crippen LogP contribution < -0.4 is 14.8 Å². The Balaban J connectivity index is 1.59. The van der Waals surface area contributed by atoms with E-state index in [2.05, 4.69) is 20.0 Å². The van der Waals surface area contributed by atoms with E-state index in [-0.39, 0.29) is 46.8 Å². The number of aromatic nitrogens is 2. The molecule has 1 atom stereocenters. The molecule has 3 aromatic carbocycles. The van der Waals surface area contributed by atoms with Gasteiger partial charge in [-0.2, -0.15) is 4.98 Å². The average Bonchev–Trinajstić information content (AvgIpc) is 3.00. The highest BCUT2D eigenvalue weighted by Crippen LogP contribution is 2.31. The van der Waals surface area contributed by atoms with E-state index in [9.17, 15) is 18.0 Å². The fourth-order valence-electron chi connectivity index (χ4n) is 5.76.